The molecule has 0 radical (unpaired) electrons. The molecule has 3 aromatic carbocycles. The maximum absolute atomic E-state index is 5.94. The molecule has 0 bridgehead atoms. The van der Waals surface area contributed by atoms with Gasteiger partial charge in [0.2, 0.25) is 11.8 Å². The Morgan fingerprint density at radius 1 is 0.857 bits per heavy atom. The minimum atomic E-state index is 0.0349. The number of halogens is 1. The van der Waals surface area contributed by atoms with Crippen molar-refractivity contribution in [2.24, 2.45) is 0 Å². The minimum absolute atomic E-state index is 0.0349. The zero-order valence-electron chi connectivity index (χ0n) is 15.5. The average molecular weight is 390 g/mol. The van der Waals surface area contributed by atoms with Crippen molar-refractivity contribution in [3.63, 3.8) is 0 Å². The molecule has 140 valence electrons. The zero-order chi connectivity index (χ0) is 19.3. The number of rotatable bonds is 6. The van der Waals surface area contributed by atoms with Crippen LogP contribution in [0.3, 0.4) is 0 Å². The van der Waals surface area contributed by atoms with E-state index in [4.69, 9.17) is 16.0 Å². The van der Waals surface area contributed by atoms with Crippen molar-refractivity contribution in [1.82, 2.24) is 15.5 Å². The number of hydrogen-bond donors (Lipinski definition) is 1. The van der Waals surface area contributed by atoms with Crippen LogP contribution in [0.4, 0.5) is 0 Å². The maximum Gasteiger partial charge on any atom is 0.247 e. The first-order valence-corrected chi connectivity index (χ1v) is 9.50. The number of benzene rings is 3. The first-order chi connectivity index (χ1) is 13.7. The predicted octanol–water partition coefficient (Wildman–Crippen LogP) is 5.58. The van der Waals surface area contributed by atoms with Crippen LogP contribution in [0.15, 0.2) is 83.3 Å². The van der Waals surface area contributed by atoms with Gasteiger partial charge in [0.1, 0.15) is 0 Å². The molecular weight excluding hydrogens is 370 g/mol. The molecule has 0 saturated carbocycles. The van der Waals surface area contributed by atoms with E-state index < -0.39 is 0 Å². The molecule has 0 aliphatic heterocycles. The summed E-state index contributed by atoms with van der Waals surface area (Å²) in [4.78, 5) is 0. The van der Waals surface area contributed by atoms with Crippen LogP contribution in [0.2, 0.25) is 5.02 Å². The summed E-state index contributed by atoms with van der Waals surface area (Å²) in [6.45, 7) is 2.56. The van der Waals surface area contributed by atoms with Crippen molar-refractivity contribution in [3.05, 3.63) is 106 Å². The van der Waals surface area contributed by atoms with Crippen LogP contribution in [-0.2, 0) is 6.54 Å². The van der Waals surface area contributed by atoms with Gasteiger partial charge in [0.25, 0.3) is 0 Å². The van der Waals surface area contributed by atoms with Crippen LogP contribution in [0.5, 0.6) is 0 Å². The van der Waals surface area contributed by atoms with Gasteiger partial charge in [-0.1, -0.05) is 71.8 Å². The quantitative estimate of drug-likeness (QED) is 0.467. The fourth-order valence-electron chi connectivity index (χ4n) is 3.06. The summed E-state index contributed by atoms with van der Waals surface area (Å²) in [6, 6.07) is 26.3. The van der Waals surface area contributed by atoms with E-state index >= 15 is 0 Å². The molecule has 0 unspecified atom stereocenters. The van der Waals surface area contributed by atoms with Gasteiger partial charge in [-0.2, -0.15) is 0 Å². The SMILES string of the molecule is Cc1ccc([C@@H](NCc2nnc(-c3ccc(Cl)cc3)o2)c2ccccc2)cc1. The van der Waals surface area contributed by atoms with Gasteiger partial charge in [-0.15, -0.1) is 10.2 Å². The number of hydrogen-bond acceptors (Lipinski definition) is 4. The molecule has 4 rings (SSSR count). The molecule has 0 spiro atoms. The number of aryl methyl sites for hydroxylation is 1. The topological polar surface area (TPSA) is 51.0 Å². The molecule has 0 aliphatic rings. The Labute approximate surface area is 169 Å². The second kappa shape index (κ2) is 8.38. The maximum atomic E-state index is 5.94. The van der Waals surface area contributed by atoms with Crippen LogP contribution in [-0.4, -0.2) is 10.2 Å². The van der Waals surface area contributed by atoms with Crippen molar-refractivity contribution in [2.45, 2.75) is 19.5 Å². The predicted molar refractivity (Wildman–Crippen MR) is 111 cm³/mol. The molecule has 1 N–H and O–H groups in total. The Morgan fingerprint density at radius 3 is 2.25 bits per heavy atom. The van der Waals surface area contributed by atoms with Gasteiger partial charge < -0.3 is 4.42 Å². The van der Waals surface area contributed by atoms with E-state index in [9.17, 15) is 0 Å². The minimum Gasteiger partial charge on any atom is -0.419 e. The fraction of sp³-hybridized carbons (Fsp3) is 0.130. The third-order valence-electron chi connectivity index (χ3n) is 4.56. The van der Waals surface area contributed by atoms with Gasteiger partial charge in [-0.3, -0.25) is 5.32 Å². The summed E-state index contributed by atoms with van der Waals surface area (Å²) < 4.78 is 5.82. The highest BCUT2D eigenvalue weighted by atomic mass is 35.5. The van der Waals surface area contributed by atoms with E-state index in [1.165, 1.54) is 16.7 Å². The second-order valence-electron chi connectivity index (χ2n) is 6.64. The van der Waals surface area contributed by atoms with E-state index in [0.717, 1.165) is 5.56 Å². The summed E-state index contributed by atoms with van der Waals surface area (Å²) in [6.07, 6.45) is 0. The van der Waals surface area contributed by atoms with Gasteiger partial charge in [0.05, 0.1) is 12.6 Å². The highest BCUT2D eigenvalue weighted by Crippen LogP contribution is 2.24. The molecule has 0 fully saturated rings. The number of nitrogens with zero attached hydrogens (tertiary/aromatic N) is 2. The van der Waals surface area contributed by atoms with Crippen LogP contribution < -0.4 is 5.32 Å². The summed E-state index contributed by atoms with van der Waals surface area (Å²) in [7, 11) is 0. The molecule has 4 aromatic rings. The third-order valence-corrected chi connectivity index (χ3v) is 4.81. The molecule has 0 amide bonds. The standard InChI is InChI=1S/C23H20ClN3O/c1-16-7-9-18(10-8-16)22(17-5-3-2-4-6-17)25-15-21-26-27-23(28-21)19-11-13-20(24)14-12-19/h2-14,22,25H,15H2,1H3/t22-/m0/s1. The Bertz CT molecular complexity index is 1030. The Morgan fingerprint density at radius 2 is 1.54 bits per heavy atom. The van der Waals surface area contributed by atoms with Gasteiger partial charge in [0, 0.05) is 10.6 Å². The molecule has 28 heavy (non-hydrogen) atoms. The first kappa shape index (κ1) is 18.4. The van der Waals surface area contributed by atoms with Gasteiger partial charge in [-0.05, 0) is 42.3 Å². The normalized spacial score (nSPS) is 12.1. The molecule has 1 heterocycles. The summed E-state index contributed by atoms with van der Waals surface area (Å²) >= 11 is 5.94. The molecule has 1 atom stereocenters. The number of nitrogens with one attached hydrogen (secondary N) is 1. The first-order valence-electron chi connectivity index (χ1n) is 9.12. The third kappa shape index (κ3) is 4.30. The lowest BCUT2D eigenvalue weighted by molar-refractivity contribution is 0.462. The van der Waals surface area contributed by atoms with E-state index in [0.29, 0.717) is 23.3 Å². The van der Waals surface area contributed by atoms with Gasteiger partial charge in [-0.25, -0.2) is 0 Å². The van der Waals surface area contributed by atoms with Gasteiger partial charge >= 0.3 is 0 Å². The van der Waals surface area contributed by atoms with Crippen LogP contribution in [0.25, 0.3) is 11.5 Å². The summed E-state index contributed by atoms with van der Waals surface area (Å²) in [5.41, 5.74) is 4.46. The molecule has 0 aliphatic carbocycles. The molecule has 0 saturated heterocycles. The summed E-state index contributed by atoms with van der Waals surface area (Å²) in [5, 5.41) is 12.5. The molecule has 4 nitrogen and oxygen atoms in total. The molecule has 5 heteroatoms. The Balaban J connectivity index is 1.53. The zero-order valence-corrected chi connectivity index (χ0v) is 16.2. The molecular formula is C23H20ClN3O. The smallest absolute Gasteiger partial charge is 0.247 e. The van der Waals surface area contributed by atoms with Crippen molar-refractivity contribution in [3.8, 4) is 11.5 Å². The lowest BCUT2D eigenvalue weighted by Gasteiger charge is -2.19. The van der Waals surface area contributed by atoms with Crippen LogP contribution >= 0.6 is 11.6 Å². The Kier molecular flexibility index (Phi) is 5.51. The van der Waals surface area contributed by atoms with Crippen molar-refractivity contribution in [2.75, 3.05) is 0 Å². The van der Waals surface area contributed by atoms with Crippen LogP contribution in [0, 0.1) is 6.92 Å². The second-order valence-corrected chi connectivity index (χ2v) is 7.08. The van der Waals surface area contributed by atoms with Crippen LogP contribution in [0.1, 0.15) is 28.6 Å². The van der Waals surface area contributed by atoms with Crippen molar-refractivity contribution >= 4 is 11.6 Å². The molecule has 1 aromatic heterocycles. The lowest BCUT2D eigenvalue weighted by Crippen LogP contribution is -2.22. The average Bonchev–Trinajstić information content (AvgIpc) is 3.20. The summed E-state index contributed by atoms with van der Waals surface area (Å²) in [5.74, 6) is 1.03. The number of aromatic nitrogens is 2. The van der Waals surface area contributed by atoms with E-state index in [2.05, 4.69) is 58.8 Å². The fourth-order valence-corrected chi connectivity index (χ4v) is 3.18. The monoisotopic (exact) mass is 389 g/mol. The largest absolute Gasteiger partial charge is 0.419 e. The highest BCUT2D eigenvalue weighted by molar-refractivity contribution is 6.30. The lowest BCUT2D eigenvalue weighted by atomic mass is 9.98. The van der Waals surface area contributed by atoms with Gasteiger partial charge in [0.15, 0.2) is 0 Å². The van der Waals surface area contributed by atoms with E-state index in [1.807, 2.05) is 42.5 Å². The van der Waals surface area contributed by atoms with Crippen molar-refractivity contribution in [1.29, 1.82) is 0 Å². The highest BCUT2D eigenvalue weighted by Gasteiger charge is 2.15. The van der Waals surface area contributed by atoms with Crippen molar-refractivity contribution < 1.29 is 4.42 Å². The van der Waals surface area contributed by atoms with E-state index in [-0.39, 0.29) is 6.04 Å². The Hall–Kier alpha value is -2.95. The van der Waals surface area contributed by atoms with E-state index in [1.54, 1.807) is 0 Å².